The van der Waals surface area contributed by atoms with E-state index in [2.05, 4.69) is 5.32 Å². The number of nitrogens with one attached hydrogen (secondary N) is 1. The number of hydrogen-bond acceptors (Lipinski definition) is 5. The Morgan fingerprint density at radius 2 is 1.50 bits per heavy atom. The first-order valence-electron chi connectivity index (χ1n) is 11.5. The summed E-state index contributed by atoms with van der Waals surface area (Å²) in [6.07, 6.45) is 4.90. The summed E-state index contributed by atoms with van der Waals surface area (Å²) in [7, 11) is 0. The summed E-state index contributed by atoms with van der Waals surface area (Å²) in [4.78, 5) is 52.8. The number of carbonyl (C=O) groups is 4. The molecule has 34 heavy (non-hydrogen) atoms. The van der Waals surface area contributed by atoms with Gasteiger partial charge in [0.15, 0.2) is 6.61 Å². The zero-order valence-electron chi connectivity index (χ0n) is 19.1. The van der Waals surface area contributed by atoms with E-state index in [4.69, 9.17) is 4.74 Å². The molecule has 0 bridgehead atoms. The Balaban J connectivity index is 1.45. The number of likely N-dealkylation sites (tertiary alicyclic amines) is 1. The Bertz CT molecular complexity index is 1060. The lowest BCUT2D eigenvalue weighted by atomic mass is 9.85. The number of esters is 1. The van der Waals surface area contributed by atoms with E-state index in [1.807, 2.05) is 79.7 Å². The third-order valence-corrected chi connectivity index (χ3v) is 6.42. The maximum absolute atomic E-state index is 13.1. The van der Waals surface area contributed by atoms with Gasteiger partial charge in [-0.3, -0.25) is 19.3 Å². The molecule has 1 aliphatic heterocycles. The molecule has 1 aliphatic carbocycles. The minimum atomic E-state index is -1.12. The van der Waals surface area contributed by atoms with Gasteiger partial charge < -0.3 is 10.1 Å². The molecule has 4 atom stereocenters. The monoisotopic (exact) mass is 460 g/mol. The minimum Gasteiger partial charge on any atom is -0.454 e. The molecule has 176 valence electrons. The van der Waals surface area contributed by atoms with E-state index in [-0.39, 0.29) is 24.3 Å². The SMILES string of the molecule is C[C@H](NC(=O)COC(=O)[C@H](Cc1ccccc1)N1C(=O)[C@H]2CC=CC[C@@H]2C1=O)c1ccccc1. The molecular formula is C27H28N2O5. The van der Waals surface area contributed by atoms with Crippen LogP contribution in [0.2, 0.25) is 0 Å². The van der Waals surface area contributed by atoms with Crippen LogP contribution in [0.15, 0.2) is 72.8 Å². The number of fused-ring (bicyclic) bond motifs is 1. The summed E-state index contributed by atoms with van der Waals surface area (Å²) < 4.78 is 5.32. The highest BCUT2D eigenvalue weighted by Crippen LogP contribution is 2.36. The Kier molecular flexibility index (Phi) is 7.21. The van der Waals surface area contributed by atoms with Crippen molar-refractivity contribution in [3.05, 3.63) is 83.9 Å². The summed E-state index contributed by atoms with van der Waals surface area (Å²) in [5.41, 5.74) is 1.72. The van der Waals surface area contributed by atoms with Crippen molar-refractivity contribution in [2.75, 3.05) is 6.61 Å². The van der Waals surface area contributed by atoms with E-state index in [1.165, 1.54) is 0 Å². The van der Waals surface area contributed by atoms with E-state index in [0.29, 0.717) is 12.8 Å². The molecule has 0 unspecified atom stereocenters. The lowest BCUT2D eigenvalue weighted by Crippen LogP contribution is -2.48. The van der Waals surface area contributed by atoms with E-state index in [0.717, 1.165) is 16.0 Å². The summed E-state index contributed by atoms with van der Waals surface area (Å²) in [5, 5.41) is 2.80. The van der Waals surface area contributed by atoms with Crippen molar-refractivity contribution in [2.24, 2.45) is 11.8 Å². The second-order valence-corrected chi connectivity index (χ2v) is 8.72. The summed E-state index contributed by atoms with van der Waals surface area (Å²) in [5.74, 6) is -2.81. The van der Waals surface area contributed by atoms with Crippen LogP contribution in [0.4, 0.5) is 0 Å². The van der Waals surface area contributed by atoms with Crippen molar-refractivity contribution in [3.8, 4) is 0 Å². The van der Waals surface area contributed by atoms with Crippen LogP contribution in [0.25, 0.3) is 0 Å². The van der Waals surface area contributed by atoms with Gasteiger partial charge >= 0.3 is 5.97 Å². The van der Waals surface area contributed by atoms with Gasteiger partial charge in [-0.2, -0.15) is 0 Å². The molecule has 1 saturated heterocycles. The third kappa shape index (κ3) is 5.09. The van der Waals surface area contributed by atoms with Crippen LogP contribution in [0, 0.1) is 11.8 Å². The highest BCUT2D eigenvalue weighted by molar-refractivity contribution is 6.08. The van der Waals surface area contributed by atoms with Gasteiger partial charge in [0, 0.05) is 6.42 Å². The highest BCUT2D eigenvalue weighted by atomic mass is 16.5. The van der Waals surface area contributed by atoms with Crippen molar-refractivity contribution in [1.29, 1.82) is 0 Å². The van der Waals surface area contributed by atoms with Gasteiger partial charge in [-0.25, -0.2) is 4.79 Å². The molecule has 2 aromatic rings. The smallest absolute Gasteiger partial charge is 0.330 e. The number of ether oxygens (including phenoxy) is 1. The topological polar surface area (TPSA) is 92.8 Å². The maximum atomic E-state index is 13.1. The predicted octanol–water partition coefficient (Wildman–Crippen LogP) is 2.97. The molecule has 0 spiro atoms. The van der Waals surface area contributed by atoms with E-state index in [9.17, 15) is 19.2 Å². The van der Waals surface area contributed by atoms with Gasteiger partial charge in [-0.05, 0) is 30.9 Å². The van der Waals surface area contributed by atoms with Crippen LogP contribution in [-0.2, 0) is 30.3 Å². The third-order valence-electron chi connectivity index (χ3n) is 6.42. The van der Waals surface area contributed by atoms with Gasteiger partial charge in [0.05, 0.1) is 17.9 Å². The van der Waals surface area contributed by atoms with Crippen LogP contribution >= 0.6 is 0 Å². The molecule has 1 fully saturated rings. The van der Waals surface area contributed by atoms with E-state index in [1.54, 1.807) is 0 Å². The fourth-order valence-corrected chi connectivity index (χ4v) is 4.59. The zero-order chi connectivity index (χ0) is 24.1. The van der Waals surface area contributed by atoms with E-state index < -0.39 is 36.4 Å². The lowest BCUT2D eigenvalue weighted by molar-refractivity contribution is -0.160. The highest BCUT2D eigenvalue weighted by Gasteiger charge is 2.51. The largest absolute Gasteiger partial charge is 0.454 e. The van der Waals surface area contributed by atoms with Crippen LogP contribution in [-0.4, -0.2) is 41.2 Å². The van der Waals surface area contributed by atoms with Crippen LogP contribution < -0.4 is 5.32 Å². The molecule has 4 rings (SSSR count). The molecule has 3 amide bonds. The number of amides is 3. The van der Waals surface area contributed by atoms with Crippen molar-refractivity contribution in [2.45, 2.75) is 38.3 Å². The zero-order valence-corrected chi connectivity index (χ0v) is 19.1. The van der Waals surface area contributed by atoms with Gasteiger partial charge in [0.2, 0.25) is 11.8 Å². The quantitative estimate of drug-likeness (QED) is 0.371. The number of rotatable bonds is 8. The van der Waals surface area contributed by atoms with Crippen LogP contribution in [0.5, 0.6) is 0 Å². The van der Waals surface area contributed by atoms with Gasteiger partial charge in [-0.1, -0.05) is 72.8 Å². The molecule has 0 radical (unpaired) electrons. The number of imide groups is 1. The molecule has 0 aromatic heterocycles. The molecule has 7 nitrogen and oxygen atoms in total. The van der Waals surface area contributed by atoms with E-state index >= 15 is 0 Å². The fourth-order valence-electron chi connectivity index (χ4n) is 4.59. The van der Waals surface area contributed by atoms with Crippen molar-refractivity contribution < 1.29 is 23.9 Å². The molecule has 1 heterocycles. The molecule has 2 aliphatic rings. The number of allylic oxidation sites excluding steroid dienone is 2. The van der Waals surface area contributed by atoms with Gasteiger partial charge in [-0.15, -0.1) is 0 Å². The Morgan fingerprint density at radius 3 is 2.09 bits per heavy atom. The summed E-state index contributed by atoms with van der Waals surface area (Å²) in [6.45, 7) is 1.34. The van der Waals surface area contributed by atoms with Gasteiger partial charge in [0.1, 0.15) is 6.04 Å². The first-order chi connectivity index (χ1) is 16.5. The molecule has 2 aromatic carbocycles. The molecule has 7 heteroatoms. The molecule has 0 saturated carbocycles. The van der Waals surface area contributed by atoms with Crippen molar-refractivity contribution in [3.63, 3.8) is 0 Å². The summed E-state index contributed by atoms with van der Waals surface area (Å²) in [6, 6.07) is 17.2. The predicted molar refractivity (Wildman–Crippen MR) is 125 cm³/mol. The maximum Gasteiger partial charge on any atom is 0.330 e. The first kappa shape index (κ1) is 23.4. The number of benzene rings is 2. The summed E-state index contributed by atoms with van der Waals surface area (Å²) >= 11 is 0. The average molecular weight is 461 g/mol. The van der Waals surface area contributed by atoms with Crippen molar-refractivity contribution >= 4 is 23.7 Å². The normalized spacial score (nSPS) is 21.0. The second-order valence-electron chi connectivity index (χ2n) is 8.72. The first-order valence-corrected chi connectivity index (χ1v) is 11.5. The fraction of sp³-hybridized carbons (Fsp3) is 0.333. The Hall–Kier alpha value is -3.74. The number of hydrogen-bond donors (Lipinski definition) is 1. The lowest BCUT2D eigenvalue weighted by Gasteiger charge is -2.25. The van der Waals surface area contributed by atoms with Gasteiger partial charge in [0.25, 0.3) is 5.91 Å². The van der Waals surface area contributed by atoms with Crippen LogP contribution in [0.3, 0.4) is 0 Å². The second kappa shape index (κ2) is 10.5. The number of nitrogens with zero attached hydrogens (tertiary/aromatic N) is 1. The minimum absolute atomic E-state index is 0.131. The Labute approximate surface area is 198 Å². The standard InChI is InChI=1S/C27H28N2O5/c1-18(20-12-6-3-7-13-20)28-24(30)17-34-27(33)23(16-19-10-4-2-5-11-19)29-25(31)21-14-8-9-15-22(21)26(29)32/h2-13,18,21-23H,14-17H2,1H3,(H,28,30)/t18-,21-,22-,23-/m0/s1. The number of carbonyl (C=O) groups excluding carboxylic acids is 4. The Morgan fingerprint density at radius 1 is 0.941 bits per heavy atom. The van der Waals surface area contributed by atoms with Crippen molar-refractivity contribution in [1.82, 2.24) is 10.2 Å². The molecular weight excluding hydrogens is 432 g/mol. The molecule has 1 N–H and O–H groups in total. The van der Waals surface area contributed by atoms with Crippen LogP contribution in [0.1, 0.15) is 36.9 Å². The average Bonchev–Trinajstić information content (AvgIpc) is 3.12.